The lowest BCUT2D eigenvalue weighted by molar-refractivity contribution is -0.178. The minimum atomic E-state index is -3.90. The highest BCUT2D eigenvalue weighted by molar-refractivity contribution is 7.89. The van der Waals surface area contributed by atoms with Gasteiger partial charge in [-0.25, -0.2) is 8.42 Å². The van der Waals surface area contributed by atoms with E-state index in [9.17, 15) is 18.3 Å². The van der Waals surface area contributed by atoms with Gasteiger partial charge in [0.25, 0.3) is 0 Å². The molecule has 0 amide bonds. The molecular weight excluding hydrogens is 580 g/mol. The molecule has 240 valence electrons. The number of carbonyl (C=O) groups excluding carboxylic acids is 1. The fraction of sp³-hybridized carbons (Fsp3) is 0.618. The van der Waals surface area contributed by atoms with Crippen LogP contribution in [-0.2, 0) is 41.0 Å². The van der Waals surface area contributed by atoms with Gasteiger partial charge in [-0.2, -0.15) is 4.31 Å². The molecule has 44 heavy (non-hydrogen) atoms. The van der Waals surface area contributed by atoms with Gasteiger partial charge in [-0.05, 0) is 61.9 Å². The van der Waals surface area contributed by atoms with Crippen molar-refractivity contribution in [2.24, 2.45) is 29.6 Å². The van der Waals surface area contributed by atoms with Crippen LogP contribution in [0.4, 0.5) is 0 Å². The number of aliphatic hydroxyl groups excluding tert-OH is 1. The molecular formula is C34H46N2O7S. The lowest BCUT2D eigenvalue weighted by atomic mass is 9.90. The van der Waals surface area contributed by atoms with Gasteiger partial charge in [-0.3, -0.25) is 4.79 Å². The summed E-state index contributed by atoms with van der Waals surface area (Å²) in [7, 11) is -1.97. The number of nitrogens with zero attached hydrogens (tertiary/aromatic N) is 1. The van der Waals surface area contributed by atoms with Gasteiger partial charge < -0.3 is 24.6 Å². The quantitative estimate of drug-likeness (QED) is 0.305. The van der Waals surface area contributed by atoms with E-state index in [4.69, 9.17) is 14.2 Å². The number of ether oxygens (including phenoxy) is 3. The van der Waals surface area contributed by atoms with Crippen LogP contribution in [0.25, 0.3) is 0 Å². The fourth-order valence-corrected chi connectivity index (χ4v) is 9.08. The van der Waals surface area contributed by atoms with Crippen LogP contribution in [0.2, 0.25) is 0 Å². The summed E-state index contributed by atoms with van der Waals surface area (Å²) >= 11 is 0. The zero-order valence-corrected chi connectivity index (χ0v) is 26.7. The van der Waals surface area contributed by atoms with Crippen molar-refractivity contribution in [3.63, 3.8) is 0 Å². The van der Waals surface area contributed by atoms with Gasteiger partial charge in [0.2, 0.25) is 10.0 Å². The summed E-state index contributed by atoms with van der Waals surface area (Å²) < 4.78 is 46.9. The van der Waals surface area contributed by atoms with Crippen LogP contribution in [-0.4, -0.2) is 75.6 Å². The van der Waals surface area contributed by atoms with E-state index < -0.39 is 22.0 Å². The first kappa shape index (κ1) is 31.6. The molecule has 2 N–H and O–H groups in total. The van der Waals surface area contributed by atoms with Gasteiger partial charge in [0.15, 0.2) is 6.29 Å². The summed E-state index contributed by atoms with van der Waals surface area (Å²) in [5.74, 6) is -0.323. The molecule has 2 saturated carbocycles. The third-order valence-corrected chi connectivity index (χ3v) is 11.9. The predicted molar refractivity (Wildman–Crippen MR) is 165 cm³/mol. The van der Waals surface area contributed by atoms with E-state index in [1.807, 2.05) is 63.4 Å². The number of nitrogens with one attached hydrogen (secondary N) is 1. The molecule has 2 aliphatic carbocycles. The normalized spacial score (nSPS) is 28.3. The van der Waals surface area contributed by atoms with E-state index in [0.717, 1.165) is 30.4 Å². The minimum absolute atomic E-state index is 0.0157. The Balaban J connectivity index is 1.18. The van der Waals surface area contributed by atoms with Gasteiger partial charge in [0.05, 0.1) is 30.6 Å². The van der Waals surface area contributed by atoms with Gasteiger partial charge in [-0.1, -0.05) is 56.3 Å². The molecule has 0 aromatic heterocycles. The predicted octanol–water partition coefficient (Wildman–Crippen LogP) is 3.70. The number of fused-ring (bicyclic) bond motifs is 1. The second kappa shape index (κ2) is 12.8. The number of hydrogen-bond acceptors (Lipinski definition) is 8. The summed E-state index contributed by atoms with van der Waals surface area (Å²) in [5.41, 5.74) is 1.98. The number of hydrogen-bond donors (Lipinski definition) is 2. The number of aliphatic hydroxyl groups is 1. The number of carbonyl (C=O) groups is 1. The van der Waals surface area contributed by atoms with E-state index in [2.05, 4.69) is 5.32 Å². The van der Waals surface area contributed by atoms with Crippen LogP contribution in [0, 0.1) is 29.6 Å². The van der Waals surface area contributed by atoms with Crippen LogP contribution in [0.3, 0.4) is 0 Å². The van der Waals surface area contributed by atoms with Crippen LogP contribution in [0.15, 0.2) is 59.5 Å². The zero-order chi connectivity index (χ0) is 31.1. The summed E-state index contributed by atoms with van der Waals surface area (Å²) in [5, 5.41) is 15.0. The second-order valence-corrected chi connectivity index (χ2v) is 15.5. The first-order valence-electron chi connectivity index (χ1n) is 16.0. The first-order valence-corrected chi connectivity index (χ1v) is 17.5. The summed E-state index contributed by atoms with van der Waals surface area (Å²) in [6.07, 6.45) is 1.85. The zero-order valence-electron chi connectivity index (χ0n) is 25.9. The lowest BCUT2D eigenvalue weighted by Gasteiger charge is -2.31. The molecule has 9 nitrogen and oxygen atoms in total. The molecule has 7 atom stereocenters. The Hall–Kier alpha value is -2.34. The second-order valence-electron chi connectivity index (χ2n) is 13.6. The fourth-order valence-electron chi connectivity index (χ4n) is 7.46. The van der Waals surface area contributed by atoms with Crippen LogP contribution in [0.1, 0.15) is 50.7 Å². The highest BCUT2D eigenvalue weighted by Gasteiger charge is 2.56. The molecule has 5 unspecified atom stereocenters. The standard InChI is InChI=1S/C34H46N2O7S/c1-22(2)18-36(44(39,40)27-11-9-26(10-12-27)34(35-3)13-14-34)19-30(37)24(15-23-7-5-4-6-8-23)17-31(38)43-32-25-16-28-29(32)21-42-33(28)41-20-25/h4-12,22,24-25,28-30,32-33,35,37H,13-21H2,1-3H3/t24-,25?,28?,29?,30-,32?,33?/m1/s1. The molecule has 2 aromatic rings. The average Bonchev–Trinajstić information content (AvgIpc) is 3.63. The Kier molecular flexibility index (Phi) is 9.21. The van der Waals surface area contributed by atoms with Crippen molar-refractivity contribution in [2.45, 2.75) is 74.9 Å². The molecule has 4 aliphatic rings. The monoisotopic (exact) mass is 626 g/mol. The minimum Gasteiger partial charge on any atom is -0.462 e. The Labute approximate surface area is 261 Å². The van der Waals surface area contributed by atoms with Crippen molar-refractivity contribution in [2.75, 3.05) is 33.4 Å². The Morgan fingerprint density at radius 3 is 2.41 bits per heavy atom. The smallest absolute Gasteiger partial charge is 0.306 e. The molecule has 0 radical (unpaired) electrons. The lowest BCUT2D eigenvalue weighted by Crippen LogP contribution is -2.43. The van der Waals surface area contributed by atoms with E-state index in [1.165, 1.54) is 4.31 Å². The summed E-state index contributed by atoms with van der Waals surface area (Å²) in [4.78, 5) is 13.6. The first-order chi connectivity index (χ1) is 21.1. The van der Waals surface area contributed by atoms with Gasteiger partial charge >= 0.3 is 5.97 Å². The van der Waals surface area contributed by atoms with Crippen molar-refractivity contribution in [1.82, 2.24) is 9.62 Å². The Morgan fingerprint density at radius 2 is 1.75 bits per heavy atom. The highest BCUT2D eigenvalue weighted by Crippen LogP contribution is 2.49. The Morgan fingerprint density at radius 1 is 1.05 bits per heavy atom. The van der Waals surface area contributed by atoms with E-state index in [-0.39, 0.29) is 72.0 Å². The topological polar surface area (TPSA) is 114 Å². The van der Waals surface area contributed by atoms with Crippen molar-refractivity contribution in [1.29, 1.82) is 0 Å². The van der Waals surface area contributed by atoms with Crippen molar-refractivity contribution in [3.05, 3.63) is 65.7 Å². The maximum Gasteiger partial charge on any atom is 0.306 e. The molecule has 2 heterocycles. The number of benzene rings is 2. The average molecular weight is 627 g/mol. The number of rotatable bonds is 14. The molecule has 0 spiro atoms. The van der Waals surface area contributed by atoms with Crippen LogP contribution >= 0.6 is 0 Å². The molecule has 2 saturated heterocycles. The van der Waals surface area contributed by atoms with Gasteiger partial charge in [0, 0.05) is 42.3 Å². The molecule has 4 fully saturated rings. The van der Waals surface area contributed by atoms with Crippen molar-refractivity contribution < 1.29 is 32.5 Å². The molecule has 6 rings (SSSR count). The van der Waals surface area contributed by atoms with Gasteiger partial charge in [-0.15, -0.1) is 0 Å². The highest BCUT2D eigenvalue weighted by atomic mass is 32.2. The van der Waals surface area contributed by atoms with E-state index >= 15 is 0 Å². The SMILES string of the molecule is CNC1(c2ccc(S(=O)(=O)N(CC(C)C)C[C@@H](O)[C@@H](CC(=O)OC3C4COC5OCC3C5C4)Cc3ccccc3)cc2)CC1. The largest absolute Gasteiger partial charge is 0.462 e. The molecule has 2 aromatic carbocycles. The van der Waals surface area contributed by atoms with Crippen LogP contribution in [0.5, 0.6) is 0 Å². The third-order valence-electron chi connectivity index (χ3n) is 10.1. The molecule has 2 aliphatic heterocycles. The van der Waals surface area contributed by atoms with E-state index in [1.54, 1.807) is 12.1 Å². The maximum atomic E-state index is 13.9. The summed E-state index contributed by atoms with van der Waals surface area (Å²) in [6.45, 7) is 5.09. The van der Waals surface area contributed by atoms with Crippen molar-refractivity contribution in [3.8, 4) is 0 Å². The van der Waals surface area contributed by atoms with Gasteiger partial charge in [0.1, 0.15) is 6.10 Å². The third kappa shape index (κ3) is 6.48. The molecule has 10 heteroatoms. The molecule has 2 bridgehead atoms. The van der Waals surface area contributed by atoms with Crippen LogP contribution < -0.4 is 5.32 Å². The maximum absolute atomic E-state index is 13.9. The number of sulfonamides is 1. The number of esters is 1. The Bertz CT molecular complexity index is 1400. The van der Waals surface area contributed by atoms with Crippen molar-refractivity contribution >= 4 is 16.0 Å². The van der Waals surface area contributed by atoms with E-state index in [0.29, 0.717) is 19.6 Å². The summed E-state index contributed by atoms with van der Waals surface area (Å²) in [6, 6.07) is 16.8.